The number of aromatic nitrogens is 1. The number of carbonyl (C=O) groups is 2. The van der Waals surface area contributed by atoms with Crippen LogP contribution in [0.5, 0.6) is 0 Å². The number of fused-ring (bicyclic) bond motifs is 1. The molecule has 3 rings (SSSR count). The van der Waals surface area contributed by atoms with E-state index in [1.165, 1.54) is 6.08 Å². The van der Waals surface area contributed by atoms with Crippen LogP contribution in [0.25, 0.3) is 22.6 Å². The smallest absolute Gasteiger partial charge is 0.355 e. The number of primary amides is 1. The number of hydrogen-bond donors (Lipinski definition) is 3. The molecule has 144 valence electrons. The molecule has 28 heavy (non-hydrogen) atoms. The van der Waals surface area contributed by atoms with Gasteiger partial charge in [0.05, 0.1) is 11.6 Å². The third-order valence-electron chi connectivity index (χ3n) is 4.08. The molecule has 6 nitrogen and oxygen atoms in total. The Morgan fingerprint density at radius 2 is 1.96 bits per heavy atom. The van der Waals surface area contributed by atoms with Crippen molar-refractivity contribution in [2.45, 2.75) is 6.92 Å². The molecule has 5 N–H and O–H groups in total. The molecule has 0 fully saturated rings. The third kappa shape index (κ3) is 3.83. The first kappa shape index (κ1) is 19.8. The molecule has 1 heterocycles. The van der Waals surface area contributed by atoms with Gasteiger partial charge in [-0.15, -0.1) is 0 Å². The monoisotopic (exact) mass is 417 g/mol. The van der Waals surface area contributed by atoms with E-state index in [-0.39, 0.29) is 17.9 Å². The number of hydrogen-bond acceptors (Lipinski definition) is 4. The molecule has 8 heteroatoms. The summed E-state index contributed by atoms with van der Waals surface area (Å²) in [6, 6.07) is 9.90. The quantitative estimate of drug-likeness (QED) is 0.327. The lowest BCUT2D eigenvalue weighted by molar-refractivity contribution is -0.112. The van der Waals surface area contributed by atoms with Gasteiger partial charge in [-0.1, -0.05) is 35.3 Å². The zero-order valence-corrected chi connectivity index (χ0v) is 16.4. The predicted octanol–water partition coefficient (Wildman–Crippen LogP) is 4.26. The molecule has 0 saturated heterocycles. The molecular weight excluding hydrogens is 401 g/mol. The number of rotatable bonds is 5. The van der Waals surface area contributed by atoms with Gasteiger partial charge in [-0.2, -0.15) is 0 Å². The van der Waals surface area contributed by atoms with E-state index in [1.807, 2.05) is 0 Å². The maximum atomic E-state index is 12.5. The molecule has 1 aromatic heterocycles. The largest absolute Gasteiger partial charge is 0.461 e. The van der Waals surface area contributed by atoms with Crippen LogP contribution in [0.1, 0.15) is 28.5 Å². The summed E-state index contributed by atoms with van der Waals surface area (Å²) < 4.78 is 5.12. The van der Waals surface area contributed by atoms with E-state index in [2.05, 4.69) is 4.98 Å². The minimum Gasteiger partial charge on any atom is -0.461 e. The summed E-state index contributed by atoms with van der Waals surface area (Å²) >= 11 is 12.4. The van der Waals surface area contributed by atoms with Crippen LogP contribution >= 0.6 is 23.2 Å². The van der Waals surface area contributed by atoms with Gasteiger partial charge in [0.1, 0.15) is 5.69 Å². The van der Waals surface area contributed by atoms with Gasteiger partial charge in [-0.25, -0.2) is 4.79 Å². The Bertz CT molecular complexity index is 1120. The summed E-state index contributed by atoms with van der Waals surface area (Å²) in [4.78, 5) is 27.6. The second-order valence-electron chi connectivity index (χ2n) is 5.99. The van der Waals surface area contributed by atoms with Gasteiger partial charge in [0.25, 0.3) is 0 Å². The Hall–Kier alpha value is -2.96. The number of anilines is 1. The number of esters is 1. The van der Waals surface area contributed by atoms with Crippen LogP contribution in [0, 0.1) is 0 Å². The van der Waals surface area contributed by atoms with Crippen molar-refractivity contribution in [2.75, 3.05) is 12.3 Å². The molecule has 1 amide bonds. The Labute approximate surface area is 171 Å². The molecule has 0 bridgehead atoms. The van der Waals surface area contributed by atoms with E-state index in [4.69, 9.17) is 39.4 Å². The number of nitrogens with two attached hydrogens (primary N) is 2. The lowest BCUT2D eigenvalue weighted by Gasteiger charge is -2.07. The van der Waals surface area contributed by atoms with Gasteiger partial charge in [-0.3, -0.25) is 4.79 Å². The zero-order valence-electron chi connectivity index (χ0n) is 14.9. The molecular formula is C20H17Cl2N3O3. The fourth-order valence-electron chi connectivity index (χ4n) is 2.93. The molecule has 0 atom stereocenters. The first-order valence-corrected chi connectivity index (χ1v) is 9.12. The van der Waals surface area contributed by atoms with Crippen molar-refractivity contribution in [3.05, 3.63) is 63.3 Å². The molecule has 0 radical (unpaired) electrons. The standard InChI is InChI=1S/C20H17Cl2N3O3/c1-2-28-20(27)18-14(17-15(22)7-11(21)8-16(17)25-18)9-13(19(24)26)10-4-3-5-12(23)6-10/h3-9,25H,2,23H2,1H3,(H2,24,26). The number of H-pyrrole nitrogens is 1. The van der Waals surface area contributed by atoms with Gasteiger partial charge in [0, 0.05) is 32.7 Å². The van der Waals surface area contributed by atoms with E-state index in [1.54, 1.807) is 43.3 Å². The molecule has 0 saturated carbocycles. The summed E-state index contributed by atoms with van der Waals surface area (Å²) in [5.74, 6) is -1.27. The highest BCUT2D eigenvalue weighted by molar-refractivity contribution is 6.39. The number of benzene rings is 2. The maximum absolute atomic E-state index is 12.5. The second-order valence-corrected chi connectivity index (χ2v) is 6.84. The first-order valence-electron chi connectivity index (χ1n) is 8.37. The Morgan fingerprint density at radius 3 is 2.61 bits per heavy atom. The Balaban J connectivity index is 2.32. The minimum absolute atomic E-state index is 0.142. The second kappa shape index (κ2) is 7.96. The average Bonchev–Trinajstić information content (AvgIpc) is 2.98. The SMILES string of the molecule is CCOC(=O)c1[nH]c2cc(Cl)cc(Cl)c2c1C=C(C(N)=O)c1cccc(N)c1. The van der Waals surface area contributed by atoms with Gasteiger partial charge >= 0.3 is 5.97 Å². The number of nitrogens with one attached hydrogen (secondary N) is 1. The highest BCUT2D eigenvalue weighted by atomic mass is 35.5. The van der Waals surface area contributed by atoms with Crippen molar-refractivity contribution < 1.29 is 14.3 Å². The van der Waals surface area contributed by atoms with Crippen LogP contribution in [0.15, 0.2) is 36.4 Å². The summed E-state index contributed by atoms with van der Waals surface area (Å²) in [6.07, 6.45) is 1.50. The summed E-state index contributed by atoms with van der Waals surface area (Å²) in [5.41, 5.74) is 13.6. The van der Waals surface area contributed by atoms with Gasteiger partial charge < -0.3 is 21.2 Å². The topological polar surface area (TPSA) is 111 Å². The van der Waals surface area contributed by atoms with E-state index >= 15 is 0 Å². The van der Waals surface area contributed by atoms with Gasteiger partial charge in [0.15, 0.2) is 0 Å². The fraction of sp³-hybridized carbons (Fsp3) is 0.100. The van der Waals surface area contributed by atoms with E-state index in [9.17, 15) is 9.59 Å². The van der Waals surface area contributed by atoms with E-state index in [0.29, 0.717) is 37.8 Å². The molecule has 0 unspecified atom stereocenters. The number of aromatic amines is 1. The van der Waals surface area contributed by atoms with Gasteiger partial charge in [-0.05, 0) is 42.8 Å². The average molecular weight is 418 g/mol. The van der Waals surface area contributed by atoms with Crippen LogP contribution in [-0.4, -0.2) is 23.5 Å². The summed E-state index contributed by atoms with van der Waals surface area (Å²) in [7, 11) is 0. The van der Waals surface area contributed by atoms with Crippen molar-refractivity contribution in [1.29, 1.82) is 0 Å². The molecule has 0 aliphatic heterocycles. The Kier molecular flexibility index (Phi) is 5.63. The predicted molar refractivity (Wildman–Crippen MR) is 112 cm³/mol. The highest BCUT2D eigenvalue weighted by Gasteiger charge is 2.22. The number of halogens is 2. The Morgan fingerprint density at radius 1 is 1.21 bits per heavy atom. The molecule has 0 spiro atoms. The number of amides is 1. The lowest BCUT2D eigenvalue weighted by Crippen LogP contribution is -2.13. The molecule has 2 aromatic carbocycles. The first-order chi connectivity index (χ1) is 13.3. The highest BCUT2D eigenvalue weighted by Crippen LogP contribution is 2.35. The lowest BCUT2D eigenvalue weighted by atomic mass is 10.00. The minimum atomic E-state index is -0.681. The van der Waals surface area contributed by atoms with Crippen molar-refractivity contribution in [3.8, 4) is 0 Å². The summed E-state index contributed by atoms with van der Waals surface area (Å²) in [6.45, 7) is 1.88. The van der Waals surface area contributed by atoms with Crippen molar-refractivity contribution in [3.63, 3.8) is 0 Å². The van der Waals surface area contributed by atoms with Crippen LogP contribution in [0.3, 0.4) is 0 Å². The van der Waals surface area contributed by atoms with Crippen LogP contribution in [0.4, 0.5) is 5.69 Å². The molecule has 3 aromatic rings. The van der Waals surface area contributed by atoms with Crippen molar-refractivity contribution in [2.24, 2.45) is 5.73 Å². The zero-order chi connectivity index (χ0) is 20.4. The van der Waals surface area contributed by atoms with Gasteiger partial charge in [0.2, 0.25) is 5.91 Å². The summed E-state index contributed by atoms with van der Waals surface area (Å²) in [5, 5.41) is 1.24. The van der Waals surface area contributed by atoms with Crippen LogP contribution < -0.4 is 11.5 Å². The number of nitrogen functional groups attached to an aromatic ring is 1. The van der Waals surface area contributed by atoms with Crippen LogP contribution in [-0.2, 0) is 9.53 Å². The molecule has 0 aliphatic carbocycles. The van der Waals surface area contributed by atoms with Crippen LogP contribution in [0.2, 0.25) is 10.0 Å². The normalized spacial score (nSPS) is 11.6. The molecule has 0 aliphatic rings. The maximum Gasteiger partial charge on any atom is 0.355 e. The van der Waals surface area contributed by atoms with E-state index < -0.39 is 11.9 Å². The number of carbonyl (C=O) groups excluding carboxylic acids is 2. The third-order valence-corrected chi connectivity index (χ3v) is 4.60. The number of ether oxygens (including phenoxy) is 1. The van der Waals surface area contributed by atoms with Crippen molar-refractivity contribution >= 4 is 63.3 Å². The fourth-order valence-corrected chi connectivity index (χ4v) is 3.52. The van der Waals surface area contributed by atoms with E-state index in [0.717, 1.165) is 0 Å². The van der Waals surface area contributed by atoms with Crippen molar-refractivity contribution in [1.82, 2.24) is 4.98 Å².